The second kappa shape index (κ2) is 58.6. The van der Waals surface area contributed by atoms with E-state index in [4.69, 9.17) is 4.74 Å². The third-order valence-electron chi connectivity index (χ3n) is 14.9. The molecule has 0 heterocycles. The Labute approximate surface area is 406 Å². The van der Waals surface area contributed by atoms with E-state index < -0.39 is 0 Å². The molecule has 0 saturated heterocycles. The molecule has 2 heteroatoms. The summed E-state index contributed by atoms with van der Waals surface area (Å²) in [7, 11) is 0. The predicted octanol–water partition coefficient (Wildman–Crippen LogP) is 23.1. The van der Waals surface area contributed by atoms with Crippen molar-refractivity contribution in [1.82, 2.24) is 0 Å². The first-order valence-electron chi connectivity index (χ1n) is 30.9. The molecule has 0 spiro atoms. The normalized spacial score (nSPS) is 12.1. The van der Waals surface area contributed by atoms with Crippen LogP contribution in [0.4, 0.5) is 0 Å². The number of ether oxygens (including phenoxy) is 1. The first-order chi connectivity index (χ1) is 31.8. The van der Waals surface area contributed by atoms with Gasteiger partial charge in [-0.25, -0.2) is 0 Å². The van der Waals surface area contributed by atoms with Crippen LogP contribution in [0.1, 0.15) is 380 Å². The Hall–Kier alpha value is -0.530. The van der Waals surface area contributed by atoms with E-state index in [9.17, 15) is 4.79 Å². The van der Waals surface area contributed by atoms with Gasteiger partial charge in [-0.3, -0.25) is 4.79 Å². The lowest BCUT2D eigenvalue weighted by Gasteiger charge is -2.16. The van der Waals surface area contributed by atoms with Gasteiger partial charge in [-0.1, -0.05) is 361 Å². The first-order valence-corrected chi connectivity index (χ1v) is 30.9. The molecule has 0 saturated carbocycles. The SMILES string of the molecule is CCCCCCCCCCCCCCCCCCCCCCCCC(CCCCCCCCCCCCCCCC)C(=O)OCCCCCCCCCCCCCCCCCCCC. The molecule has 0 fully saturated rings. The van der Waals surface area contributed by atoms with Gasteiger partial charge >= 0.3 is 5.97 Å². The number of hydrogen-bond acceptors (Lipinski definition) is 2. The first kappa shape index (κ1) is 63.5. The molecule has 0 aromatic rings. The maximum atomic E-state index is 13.3. The van der Waals surface area contributed by atoms with Gasteiger partial charge in [0.25, 0.3) is 0 Å². The summed E-state index contributed by atoms with van der Waals surface area (Å²) in [6, 6.07) is 0. The van der Waals surface area contributed by atoms with E-state index in [-0.39, 0.29) is 11.9 Å². The fourth-order valence-corrected chi connectivity index (χ4v) is 10.3. The monoisotopic (exact) mass is 901 g/mol. The largest absolute Gasteiger partial charge is 0.465 e. The lowest BCUT2D eigenvalue weighted by Crippen LogP contribution is -2.18. The van der Waals surface area contributed by atoms with Gasteiger partial charge in [0, 0.05) is 0 Å². The van der Waals surface area contributed by atoms with Crippen molar-refractivity contribution in [2.24, 2.45) is 5.92 Å². The number of carbonyl (C=O) groups excluding carboxylic acids is 1. The standard InChI is InChI=1S/C62H124O2/c1-4-7-10-13-16-19-22-25-28-30-32-33-34-35-36-38-41-44-47-50-53-56-59-61(58-55-52-49-46-43-40-27-24-21-18-15-12-9-6-3)62(63)64-60-57-54-51-48-45-42-39-37-31-29-26-23-20-17-14-11-8-5-2/h61H,4-60H2,1-3H3. The maximum absolute atomic E-state index is 13.3. The molecule has 0 aromatic heterocycles. The maximum Gasteiger partial charge on any atom is 0.308 e. The second-order valence-electron chi connectivity index (χ2n) is 21.5. The third kappa shape index (κ3) is 54.1. The zero-order chi connectivity index (χ0) is 46.2. The molecule has 1 atom stereocenters. The molecule has 0 aliphatic carbocycles. The van der Waals surface area contributed by atoms with Gasteiger partial charge in [-0.2, -0.15) is 0 Å². The van der Waals surface area contributed by atoms with Crippen LogP contribution in [0.25, 0.3) is 0 Å². The van der Waals surface area contributed by atoms with E-state index in [2.05, 4.69) is 20.8 Å². The highest BCUT2D eigenvalue weighted by atomic mass is 16.5. The molecular formula is C62H124O2. The van der Waals surface area contributed by atoms with Gasteiger partial charge in [0.1, 0.15) is 0 Å². The van der Waals surface area contributed by atoms with Crippen molar-refractivity contribution in [3.8, 4) is 0 Å². The molecule has 1 unspecified atom stereocenters. The smallest absolute Gasteiger partial charge is 0.308 e. The van der Waals surface area contributed by atoms with Crippen LogP contribution in [0.5, 0.6) is 0 Å². The predicted molar refractivity (Wildman–Crippen MR) is 290 cm³/mol. The molecule has 0 aliphatic heterocycles. The topological polar surface area (TPSA) is 26.3 Å². The summed E-state index contributed by atoms with van der Waals surface area (Å²) in [5.74, 6) is 0.267. The highest BCUT2D eigenvalue weighted by Gasteiger charge is 2.19. The van der Waals surface area contributed by atoms with Crippen molar-refractivity contribution in [3.05, 3.63) is 0 Å². The lowest BCUT2D eigenvalue weighted by molar-refractivity contribution is -0.149. The molecular weight excluding hydrogens is 777 g/mol. The number of carbonyl (C=O) groups is 1. The van der Waals surface area contributed by atoms with Crippen molar-refractivity contribution in [2.75, 3.05) is 6.61 Å². The fourth-order valence-electron chi connectivity index (χ4n) is 10.3. The van der Waals surface area contributed by atoms with Crippen LogP contribution in [0.3, 0.4) is 0 Å². The average Bonchev–Trinajstić information content (AvgIpc) is 3.30. The summed E-state index contributed by atoms with van der Waals surface area (Å²) in [6.07, 6.45) is 77.9. The third-order valence-corrected chi connectivity index (χ3v) is 14.9. The van der Waals surface area contributed by atoms with E-state index in [1.54, 1.807) is 0 Å². The van der Waals surface area contributed by atoms with E-state index >= 15 is 0 Å². The molecule has 0 rings (SSSR count). The molecule has 0 N–H and O–H groups in total. The van der Waals surface area contributed by atoms with Crippen molar-refractivity contribution in [3.63, 3.8) is 0 Å². The molecule has 384 valence electrons. The lowest BCUT2D eigenvalue weighted by atomic mass is 9.94. The molecule has 2 nitrogen and oxygen atoms in total. The Kier molecular flexibility index (Phi) is 58.1. The van der Waals surface area contributed by atoms with Crippen molar-refractivity contribution in [1.29, 1.82) is 0 Å². The molecule has 0 aromatic carbocycles. The van der Waals surface area contributed by atoms with Gasteiger partial charge in [-0.15, -0.1) is 0 Å². The van der Waals surface area contributed by atoms with Gasteiger partial charge in [-0.05, 0) is 19.3 Å². The van der Waals surface area contributed by atoms with Gasteiger partial charge < -0.3 is 4.74 Å². The Morgan fingerprint density at radius 3 is 0.578 bits per heavy atom. The van der Waals surface area contributed by atoms with Crippen molar-refractivity contribution < 1.29 is 9.53 Å². The minimum atomic E-state index is 0.130. The zero-order valence-corrected chi connectivity index (χ0v) is 45.2. The summed E-state index contributed by atoms with van der Waals surface area (Å²) < 4.78 is 5.96. The Balaban J connectivity index is 4.03. The van der Waals surface area contributed by atoms with Gasteiger partial charge in [0.15, 0.2) is 0 Å². The summed E-state index contributed by atoms with van der Waals surface area (Å²) in [5, 5.41) is 0. The molecule has 0 amide bonds. The number of hydrogen-bond donors (Lipinski definition) is 0. The quantitative estimate of drug-likeness (QED) is 0.0449. The van der Waals surface area contributed by atoms with Crippen LogP contribution in [-0.2, 0) is 9.53 Å². The molecule has 0 aliphatic rings. The summed E-state index contributed by atoms with van der Waals surface area (Å²) >= 11 is 0. The highest BCUT2D eigenvalue weighted by Crippen LogP contribution is 2.23. The number of rotatable bonds is 58. The number of esters is 1. The van der Waals surface area contributed by atoms with Crippen LogP contribution in [-0.4, -0.2) is 12.6 Å². The Bertz CT molecular complexity index is 822. The van der Waals surface area contributed by atoms with Gasteiger partial charge in [0.05, 0.1) is 12.5 Å². The van der Waals surface area contributed by atoms with E-state index in [0.29, 0.717) is 6.61 Å². The Morgan fingerprint density at radius 1 is 0.234 bits per heavy atom. The highest BCUT2D eigenvalue weighted by molar-refractivity contribution is 5.72. The summed E-state index contributed by atoms with van der Waals surface area (Å²) in [6.45, 7) is 7.57. The summed E-state index contributed by atoms with van der Waals surface area (Å²) in [5.41, 5.74) is 0. The van der Waals surface area contributed by atoms with Crippen LogP contribution in [0.2, 0.25) is 0 Å². The van der Waals surface area contributed by atoms with E-state index in [0.717, 1.165) is 19.3 Å². The number of unbranched alkanes of at least 4 members (excludes halogenated alkanes) is 51. The minimum Gasteiger partial charge on any atom is -0.465 e. The molecule has 0 radical (unpaired) electrons. The Morgan fingerprint density at radius 2 is 0.391 bits per heavy atom. The van der Waals surface area contributed by atoms with Crippen LogP contribution < -0.4 is 0 Å². The zero-order valence-electron chi connectivity index (χ0n) is 45.2. The fraction of sp³-hybridized carbons (Fsp3) is 0.984. The van der Waals surface area contributed by atoms with Crippen LogP contribution in [0, 0.1) is 5.92 Å². The molecule has 0 bridgehead atoms. The van der Waals surface area contributed by atoms with Crippen molar-refractivity contribution >= 4 is 5.97 Å². The minimum absolute atomic E-state index is 0.130. The van der Waals surface area contributed by atoms with E-state index in [1.165, 1.54) is 340 Å². The van der Waals surface area contributed by atoms with Crippen LogP contribution >= 0.6 is 0 Å². The van der Waals surface area contributed by atoms with Gasteiger partial charge in [0.2, 0.25) is 0 Å². The average molecular weight is 902 g/mol. The summed E-state index contributed by atoms with van der Waals surface area (Å²) in [4.78, 5) is 13.3. The second-order valence-corrected chi connectivity index (χ2v) is 21.5. The molecule has 64 heavy (non-hydrogen) atoms. The van der Waals surface area contributed by atoms with E-state index in [1.807, 2.05) is 0 Å². The van der Waals surface area contributed by atoms with Crippen molar-refractivity contribution in [2.45, 2.75) is 380 Å². The van der Waals surface area contributed by atoms with Crippen LogP contribution in [0.15, 0.2) is 0 Å².